The average Bonchev–Trinajstić information content (AvgIpc) is 3.31. The van der Waals surface area contributed by atoms with Crippen LogP contribution < -0.4 is 16.5 Å². The second-order valence-corrected chi connectivity index (χ2v) is 10.7. The monoisotopic (exact) mass is 566 g/mol. The number of hydrogen-bond acceptors (Lipinski definition) is 6. The maximum absolute atomic E-state index is 13.6. The van der Waals surface area contributed by atoms with Crippen LogP contribution in [0, 0.1) is 18.7 Å². The van der Waals surface area contributed by atoms with Gasteiger partial charge in [-0.2, -0.15) is 0 Å². The number of halogens is 1. The van der Waals surface area contributed by atoms with Crippen molar-refractivity contribution < 1.29 is 13.9 Å². The van der Waals surface area contributed by atoms with Crippen LogP contribution in [0.2, 0.25) is 0 Å². The van der Waals surface area contributed by atoms with Gasteiger partial charge in [0.1, 0.15) is 28.7 Å². The standard InChI is InChI=1S/C32H31FN6O3/c1-19-35-30(34)28-25(16-38(2)31(28)36-19)21-5-9-24(10-6-21)37-32(41)27-18-39(15-20-11-13-42-14-12-20)17-26(29(27)40)22-3-7-23(33)8-4-22/h3-10,16-18,20H,11-15H2,1-2H3,(H,37,41)(H2,34,35,36). The largest absolute Gasteiger partial charge is 0.383 e. The molecule has 0 spiro atoms. The van der Waals surface area contributed by atoms with Crippen molar-refractivity contribution in [3.63, 3.8) is 0 Å². The summed E-state index contributed by atoms with van der Waals surface area (Å²) >= 11 is 0. The first-order chi connectivity index (χ1) is 20.3. The number of hydrogen-bond donors (Lipinski definition) is 2. The second kappa shape index (κ2) is 11.2. The van der Waals surface area contributed by atoms with Crippen molar-refractivity contribution >= 4 is 28.4 Å². The van der Waals surface area contributed by atoms with E-state index in [2.05, 4.69) is 15.3 Å². The summed E-state index contributed by atoms with van der Waals surface area (Å²) in [5, 5.41) is 3.64. The molecule has 10 heteroatoms. The minimum atomic E-state index is -0.518. The molecule has 1 amide bonds. The van der Waals surface area contributed by atoms with Crippen molar-refractivity contribution in [2.24, 2.45) is 13.0 Å². The van der Waals surface area contributed by atoms with Crippen LogP contribution in [0.25, 0.3) is 33.3 Å². The zero-order valence-corrected chi connectivity index (χ0v) is 23.4. The molecule has 6 rings (SSSR count). The number of nitrogens with zero attached hydrogens (tertiary/aromatic N) is 4. The number of ether oxygens (including phenoxy) is 1. The molecule has 0 unspecified atom stereocenters. The van der Waals surface area contributed by atoms with Crippen LogP contribution in [0.15, 0.2) is 71.9 Å². The van der Waals surface area contributed by atoms with E-state index in [1.165, 1.54) is 12.1 Å². The third-order valence-corrected chi connectivity index (χ3v) is 7.70. The number of carbonyl (C=O) groups is 1. The van der Waals surface area contributed by atoms with Crippen LogP contribution in [-0.2, 0) is 18.3 Å². The Kier molecular flexibility index (Phi) is 7.30. The lowest BCUT2D eigenvalue weighted by molar-refractivity contribution is 0.0612. The van der Waals surface area contributed by atoms with Crippen molar-refractivity contribution in [3.8, 4) is 22.3 Å². The van der Waals surface area contributed by atoms with Crippen molar-refractivity contribution in [3.05, 3.63) is 94.5 Å². The summed E-state index contributed by atoms with van der Waals surface area (Å²) in [5.41, 5.74) is 9.77. The lowest BCUT2D eigenvalue weighted by Crippen LogP contribution is -2.26. The average molecular weight is 567 g/mol. The van der Waals surface area contributed by atoms with Gasteiger partial charge in [-0.3, -0.25) is 9.59 Å². The number of benzene rings is 2. The Morgan fingerprint density at radius 2 is 1.67 bits per heavy atom. The molecule has 0 saturated carbocycles. The number of anilines is 2. The van der Waals surface area contributed by atoms with Crippen molar-refractivity contribution in [2.45, 2.75) is 26.3 Å². The van der Waals surface area contributed by atoms with Gasteiger partial charge < -0.3 is 24.9 Å². The molecule has 3 aromatic heterocycles. The summed E-state index contributed by atoms with van der Waals surface area (Å²) in [5.74, 6) is 0.455. The Balaban J connectivity index is 1.30. The van der Waals surface area contributed by atoms with Crippen LogP contribution in [0.1, 0.15) is 29.0 Å². The predicted molar refractivity (Wildman–Crippen MR) is 161 cm³/mol. The Hall–Kier alpha value is -4.83. The van der Waals surface area contributed by atoms with Gasteiger partial charge in [0.2, 0.25) is 5.43 Å². The maximum Gasteiger partial charge on any atom is 0.261 e. The van der Waals surface area contributed by atoms with Gasteiger partial charge in [0, 0.05) is 62.2 Å². The minimum Gasteiger partial charge on any atom is -0.383 e. The normalized spacial score (nSPS) is 13.9. The van der Waals surface area contributed by atoms with Gasteiger partial charge in [0.15, 0.2) is 0 Å². The molecule has 42 heavy (non-hydrogen) atoms. The molecule has 3 N–H and O–H groups in total. The predicted octanol–water partition coefficient (Wildman–Crippen LogP) is 5.17. The Morgan fingerprint density at radius 3 is 2.38 bits per heavy atom. The zero-order chi connectivity index (χ0) is 29.4. The quantitative estimate of drug-likeness (QED) is 0.293. The van der Waals surface area contributed by atoms with E-state index in [4.69, 9.17) is 10.5 Å². The Bertz CT molecular complexity index is 1840. The van der Waals surface area contributed by atoms with Gasteiger partial charge in [-0.15, -0.1) is 0 Å². The number of nitrogens with two attached hydrogens (primary N) is 1. The molecular weight excluding hydrogens is 535 g/mol. The first-order valence-corrected chi connectivity index (χ1v) is 13.9. The third kappa shape index (κ3) is 5.40. The van der Waals surface area contributed by atoms with Crippen molar-refractivity contribution in [1.29, 1.82) is 0 Å². The van der Waals surface area contributed by atoms with Gasteiger partial charge in [-0.1, -0.05) is 24.3 Å². The number of amides is 1. The van der Waals surface area contributed by atoms with E-state index in [9.17, 15) is 14.0 Å². The first kappa shape index (κ1) is 27.3. The Morgan fingerprint density at radius 1 is 1.00 bits per heavy atom. The van der Waals surface area contributed by atoms with E-state index in [-0.39, 0.29) is 5.56 Å². The Labute approximate surface area is 241 Å². The number of pyridine rings is 1. The van der Waals surface area contributed by atoms with Crippen LogP contribution in [0.4, 0.5) is 15.9 Å². The smallest absolute Gasteiger partial charge is 0.261 e. The fraction of sp³-hybridized carbons (Fsp3) is 0.250. The summed E-state index contributed by atoms with van der Waals surface area (Å²) in [6, 6.07) is 13.0. The molecule has 0 aliphatic carbocycles. The van der Waals surface area contributed by atoms with Gasteiger partial charge >= 0.3 is 0 Å². The van der Waals surface area contributed by atoms with Crippen molar-refractivity contribution in [1.82, 2.24) is 19.1 Å². The highest BCUT2D eigenvalue weighted by atomic mass is 19.1. The highest BCUT2D eigenvalue weighted by Crippen LogP contribution is 2.33. The van der Waals surface area contributed by atoms with Gasteiger partial charge in [-0.25, -0.2) is 14.4 Å². The van der Waals surface area contributed by atoms with E-state index in [1.54, 1.807) is 43.6 Å². The van der Waals surface area contributed by atoms with E-state index in [0.29, 0.717) is 54.1 Å². The number of rotatable bonds is 6. The van der Waals surface area contributed by atoms with E-state index in [0.717, 1.165) is 35.0 Å². The number of carbonyl (C=O) groups excluding carboxylic acids is 1. The lowest BCUT2D eigenvalue weighted by Gasteiger charge is -2.23. The second-order valence-electron chi connectivity index (χ2n) is 10.7. The molecule has 0 atom stereocenters. The molecule has 1 fully saturated rings. The fourth-order valence-corrected chi connectivity index (χ4v) is 5.52. The van der Waals surface area contributed by atoms with Gasteiger partial charge in [-0.05, 0) is 61.1 Å². The number of aryl methyl sites for hydroxylation is 2. The number of nitrogen functional groups attached to an aromatic ring is 1. The summed E-state index contributed by atoms with van der Waals surface area (Å²) in [4.78, 5) is 35.9. The molecule has 1 aliphatic heterocycles. The molecule has 0 bridgehead atoms. The number of fused-ring (bicyclic) bond motifs is 1. The molecule has 214 valence electrons. The lowest BCUT2D eigenvalue weighted by atomic mass is 9.99. The fourth-order valence-electron chi connectivity index (χ4n) is 5.52. The van der Waals surface area contributed by atoms with Crippen LogP contribution >= 0.6 is 0 Å². The maximum atomic E-state index is 13.6. The highest BCUT2D eigenvalue weighted by Gasteiger charge is 2.20. The zero-order valence-electron chi connectivity index (χ0n) is 23.4. The van der Waals surface area contributed by atoms with Crippen LogP contribution in [0.5, 0.6) is 0 Å². The topological polar surface area (TPSA) is 117 Å². The molecule has 0 radical (unpaired) electrons. The summed E-state index contributed by atoms with van der Waals surface area (Å²) in [6.45, 7) is 3.83. The number of nitrogens with one attached hydrogen (secondary N) is 1. The molecule has 9 nitrogen and oxygen atoms in total. The van der Waals surface area contributed by atoms with E-state index in [1.807, 2.05) is 34.5 Å². The summed E-state index contributed by atoms with van der Waals surface area (Å²) in [7, 11) is 1.90. The summed E-state index contributed by atoms with van der Waals surface area (Å²) in [6.07, 6.45) is 7.11. The van der Waals surface area contributed by atoms with Crippen LogP contribution in [0.3, 0.4) is 0 Å². The van der Waals surface area contributed by atoms with E-state index >= 15 is 0 Å². The molecule has 5 aromatic rings. The number of aromatic nitrogens is 4. The third-order valence-electron chi connectivity index (χ3n) is 7.70. The first-order valence-electron chi connectivity index (χ1n) is 13.9. The SMILES string of the molecule is Cc1nc(N)c2c(-c3ccc(NC(=O)c4cn(CC5CCOCC5)cc(-c5ccc(F)cc5)c4=O)cc3)cn(C)c2n1. The van der Waals surface area contributed by atoms with Gasteiger partial charge in [0.05, 0.1) is 5.39 Å². The molecular formula is C32H31FN6O3. The molecule has 1 saturated heterocycles. The highest BCUT2D eigenvalue weighted by molar-refractivity contribution is 6.05. The van der Waals surface area contributed by atoms with E-state index < -0.39 is 17.2 Å². The molecule has 2 aromatic carbocycles. The van der Waals surface area contributed by atoms with Gasteiger partial charge in [0.25, 0.3) is 5.91 Å². The molecule has 4 heterocycles. The van der Waals surface area contributed by atoms with Crippen LogP contribution in [-0.4, -0.2) is 38.2 Å². The van der Waals surface area contributed by atoms with Crippen molar-refractivity contribution in [2.75, 3.05) is 24.3 Å². The molecule has 1 aliphatic rings. The minimum absolute atomic E-state index is 0.0160. The summed E-state index contributed by atoms with van der Waals surface area (Å²) < 4.78 is 22.9.